The van der Waals surface area contributed by atoms with E-state index in [-0.39, 0.29) is 11.5 Å². The normalized spacial score (nSPS) is 22.4. The highest BCUT2D eigenvalue weighted by molar-refractivity contribution is 5.27. The number of halogens is 2. The molecule has 1 saturated heterocycles. The first-order chi connectivity index (χ1) is 7.59. The average Bonchev–Trinajstić information content (AvgIpc) is 2.75. The molecule has 88 valence electrons. The minimum absolute atomic E-state index is 0.0978. The summed E-state index contributed by atoms with van der Waals surface area (Å²) in [6, 6.07) is 2.19. The van der Waals surface area contributed by atoms with Gasteiger partial charge in [0, 0.05) is 24.2 Å². The van der Waals surface area contributed by atoms with Gasteiger partial charge in [-0.2, -0.15) is 0 Å². The Morgan fingerprint density at radius 2 is 2.12 bits per heavy atom. The molecule has 0 aliphatic carbocycles. The zero-order chi connectivity index (χ0) is 11.7. The van der Waals surface area contributed by atoms with Crippen LogP contribution < -0.4 is 0 Å². The quantitative estimate of drug-likeness (QED) is 0.841. The van der Waals surface area contributed by atoms with Crippen molar-refractivity contribution in [2.24, 2.45) is 5.92 Å². The summed E-state index contributed by atoms with van der Waals surface area (Å²) < 4.78 is 31.7. The van der Waals surface area contributed by atoms with E-state index in [0.29, 0.717) is 25.2 Å². The number of hydrogen-bond acceptors (Lipinski definition) is 2. The first-order valence-electron chi connectivity index (χ1n) is 5.31. The Hall–Kier alpha value is -1.00. The number of aliphatic hydroxyl groups is 1. The minimum atomic E-state index is -0.915. The lowest BCUT2D eigenvalue weighted by atomic mass is 9.94. The van der Waals surface area contributed by atoms with Crippen molar-refractivity contribution in [2.75, 3.05) is 13.2 Å². The largest absolute Gasteiger partial charge is 0.388 e. The second-order valence-electron chi connectivity index (χ2n) is 4.19. The minimum Gasteiger partial charge on any atom is -0.388 e. The predicted octanol–water partition coefficient (Wildman–Crippen LogP) is 2.34. The van der Waals surface area contributed by atoms with E-state index in [9.17, 15) is 13.9 Å². The summed E-state index contributed by atoms with van der Waals surface area (Å²) in [5.41, 5.74) is 0.503. The van der Waals surface area contributed by atoms with Crippen LogP contribution >= 0.6 is 0 Å². The van der Waals surface area contributed by atoms with E-state index in [2.05, 4.69) is 0 Å². The highest BCUT2D eigenvalue weighted by Gasteiger charge is 2.27. The van der Waals surface area contributed by atoms with E-state index in [1.807, 2.05) is 0 Å². The third-order valence-corrected chi connectivity index (χ3v) is 3.01. The molecule has 16 heavy (non-hydrogen) atoms. The molecule has 0 radical (unpaired) electrons. The molecule has 2 atom stereocenters. The summed E-state index contributed by atoms with van der Waals surface area (Å²) in [4.78, 5) is 0. The van der Waals surface area contributed by atoms with Crippen molar-refractivity contribution < 1.29 is 18.6 Å². The summed E-state index contributed by atoms with van der Waals surface area (Å²) in [6.45, 7) is 2.57. The predicted molar refractivity (Wildman–Crippen MR) is 55.0 cm³/mol. The van der Waals surface area contributed by atoms with Gasteiger partial charge in [0.15, 0.2) is 0 Å². The van der Waals surface area contributed by atoms with Crippen LogP contribution in [0.25, 0.3) is 0 Å². The fourth-order valence-electron chi connectivity index (χ4n) is 1.96. The molecular weight excluding hydrogens is 214 g/mol. The van der Waals surface area contributed by atoms with Crippen LogP contribution in [0.3, 0.4) is 0 Å². The highest BCUT2D eigenvalue weighted by atomic mass is 19.1. The van der Waals surface area contributed by atoms with Crippen molar-refractivity contribution in [3.05, 3.63) is 34.9 Å². The van der Waals surface area contributed by atoms with Crippen LogP contribution in [0.1, 0.15) is 23.7 Å². The van der Waals surface area contributed by atoms with E-state index in [0.717, 1.165) is 6.07 Å². The first kappa shape index (κ1) is 11.5. The highest BCUT2D eigenvalue weighted by Crippen LogP contribution is 2.31. The first-order valence-corrected chi connectivity index (χ1v) is 5.31. The number of rotatable bonds is 2. The van der Waals surface area contributed by atoms with E-state index in [1.54, 1.807) is 6.92 Å². The van der Waals surface area contributed by atoms with Crippen molar-refractivity contribution in [1.29, 1.82) is 0 Å². The van der Waals surface area contributed by atoms with Crippen LogP contribution in [-0.2, 0) is 4.74 Å². The molecule has 0 aromatic heterocycles. The van der Waals surface area contributed by atoms with Crippen LogP contribution in [-0.4, -0.2) is 18.3 Å². The molecule has 1 aromatic rings. The van der Waals surface area contributed by atoms with Gasteiger partial charge < -0.3 is 9.84 Å². The van der Waals surface area contributed by atoms with Crippen molar-refractivity contribution in [2.45, 2.75) is 19.4 Å². The smallest absolute Gasteiger partial charge is 0.131 e. The van der Waals surface area contributed by atoms with Gasteiger partial charge in [-0.05, 0) is 25.0 Å². The lowest BCUT2D eigenvalue weighted by molar-refractivity contribution is 0.0888. The zero-order valence-electron chi connectivity index (χ0n) is 9.04. The van der Waals surface area contributed by atoms with Gasteiger partial charge in [-0.15, -0.1) is 0 Å². The van der Waals surface area contributed by atoms with E-state index in [4.69, 9.17) is 4.74 Å². The van der Waals surface area contributed by atoms with E-state index < -0.39 is 17.7 Å². The lowest BCUT2D eigenvalue weighted by Gasteiger charge is -2.18. The van der Waals surface area contributed by atoms with Gasteiger partial charge in [0.05, 0.1) is 12.7 Å². The third kappa shape index (κ3) is 2.08. The van der Waals surface area contributed by atoms with Gasteiger partial charge in [0.25, 0.3) is 0 Å². The molecule has 2 rings (SSSR count). The van der Waals surface area contributed by atoms with Gasteiger partial charge >= 0.3 is 0 Å². The zero-order valence-corrected chi connectivity index (χ0v) is 9.04. The van der Waals surface area contributed by atoms with Gasteiger partial charge in [0.2, 0.25) is 0 Å². The van der Waals surface area contributed by atoms with Crippen LogP contribution in [0.2, 0.25) is 0 Å². The topological polar surface area (TPSA) is 29.5 Å². The Bertz CT molecular complexity index is 387. The number of aryl methyl sites for hydroxylation is 1. The summed E-state index contributed by atoms with van der Waals surface area (Å²) >= 11 is 0. The standard InChI is InChI=1S/C12H14F2O2/c1-7-4-9(11(14)5-10(7)13)12(15)8-2-3-16-6-8/h4-5,8,12,15H,2-3,6H2,1H3. The number of benzene rings is 1. The van der Waals surface area contributed by atoms with E-state index >= 15 is 0 Å². The molecule has 2 nitrogen and oxygen atoms in total. The van der Waals surface area contributed by atoms with Crippen molar-refractivity contribution in [1.82, 2.24) is 0 Å². The number of ether oxygens (including phenoxy) is 1. The van der Waals surface area contributed by atoms with Crippen LogP contribution in [0.15, 0.2) is 12.1 Å². The molecule has 0 saturated carbocycles. The SMILES string of the molecule is Cc1cc(C(O)C2CCOC2)c(F)cc1F. The molecule has 0 amide bonds. The average molecular weight is 228 g/mol. The van der Waals surface area contributed by atoms with E-state index in [1.165, 1.54) is 6.07 Å². The fraction of sp³-hybridized carbons (Fsp3) is 0.500. The second-order valence-corrected chi connectivity index (χ2v) is 4.19. The Kier molecular flexibility index (Phi) is 3.21. The summed E-state index contributed by atoms with van der Waals surface area (Å²) in [5, 5.41) is 9.97. The molecule has 1 heterocycles. The molecule has 0 bridgehead atoms. The maximum Gasteiger partial charge on any atom is 0.131 e. The summed E-state index contributed by atoms with van der Waals surface area (Å²) in [6.07, 6.45) is -0.210. The number of hydrogen-bond donors (Lipinski definition) is 1. The van der Waals surface area contributed by atoms with Crippen LogP contribution in [0.4, 0.5) is 8.78 Å². The van der Waals surface area contributed by atoms with Gasteiger partial charge in [0.1, 0.15) is 11.6 Å². The molecule has 1 aromatic carbocycles. The number of aliphatic hydroxyl groups excluding tert-OH is 1. The van der Waals surface area contributed by atoms with Crippen LogP contribution in [0.5, 0.6) is 0 Å². The third-order valence-electron chi connectivity index (χ3n) is 3.01. The molecular formula is C12H14F2O2. The molecule has 1 fully saturated rings. The van der Waals surface area contributed by atoms with Gasteiger partial charge in [-0.1, -0.05) is 0 Å². The Morgan fingerprint density at radius 3 is 2.75 bits per heavy atom. The maximum absolute atomic E-state index is 13.5. The molecule has 1 N–H and O–H groups in total. The van der Waals surface area contributed by atoms with Gasteiger partial charge in [-0.3, -0.25) is 0 Å². The Balaban J connectivity index is 2.28. The monoisotopic (exact) mass is 228 g/mol. The van der Waals surface area contributed by atoms with Crippen LogP contribution in [0, 0.1) is 24.5 Å². The maximum atomic E-state index is 13.5. The second kappa shape index (κ2) is 4.47. The Labute approximate surface area is 92.9 Å². The Morgan fingerprint density at radius 1 is 1.38 bits per heavy atom. The molecule has 0 spiro atoms. The summed E-state index contributed by atoms with van der Waals surface area (Å²) in [5.74, 6) is -1.38. The molecule has 2 unspecified atom stereocenters. The summed E-state index contributed by atoms with van der Waals surface area (Å²) in [7, 11) is 0. The fourth-order valence-corrected chi connectivity index (χ4v) is 1.96. The lowest BCUT2D eigenvalue weighted by Crippen LogP contribution is -2.14. The molecule has 4 heteroatoms. The van der Waals surface area contributed by atoms with Crippen molar-refractivity contribution in [3.63, 3.8) is 0 Å². The van der Waals surface area contributed by atoms with Gasteiger partial charge in [-0.25, -0.2) is 8.78 Å². The van der Waals surface area contributed by atoms with Crippen molar-refractivity contribution >= 4 is 0 Å². The molecule has 1 aliphatic heterocycles. The van der Waals surface area contributed by atoms with Crippen molar-refractivity contribution in [3.8, 4) is 0 Å². The molecule has 1 aliphatic rings.